The van der Waals surface area contributed by atoms with Crippen molar-refractivity contribution in [1.29, 1.82) is 0 Å². The molecular formula is C25H25FN4O. The number of nitrogens with one attached hydrogen (secondary N) is 2. The Bertz CT molecular complexity index is 1260. The van der Waals surface area contributed by atoms with Gasteiger partial charge in [0.05, 0.1) is 5.69 Å². The minimum Gasteiger partial charge on any atom is -0.310 e. The third kappa shape index (κ3) is 4.03. The van der Waals surface area contributed by atoms with E-state index in [0.717, 1.165) is 23.9 Å². The molecule has 0 spiro atoms. The number of para-hydroxylation sites is 1. The number of pyridine rings is 1. The highest BCUT2D eigenvalue weighted by Gasteiger charge is 2.18. The lowest BCUT2D eigenvalue weighted by Crippen LogP contribution is -2.32. The molecule has 31 heavy (non-hydrogen) atoms. The van der Waals surface area contributed by atoms with E-state index in [0.29, 0.717) is 35.1 Å². The van der Waals surface area contributed by atoms with Gasteiger partial charge >= 0.3 is 0 Å². The van der Waals surface area contributed by atoms with Crippen LogP contribution in [0, 0.1) is 5.82 Å². The number of aromatic amines is 1. The normalized spacial score (nSPS) is 14.9. The molecule has 0 radical (unpaired) electrons. The fourth-order valence-electron chi connectivity index (χ4n) is 4.41. The summed E-state index contributed by atoms with van der Waals surface area (Å²) in [5.41, 5.74) is 3.31. The van der Waals surface area contributed by atoms with Crippen LogP contribution >= 0.6 is 0 Å². The van der Waals surface area contributed by atoms with Gasteiger partial charge in [0.2, 0.25) is 0 Å². The average molecular weight is 416 g/mol. The number of hydrogen-bond acceptors (Lipinski definition) is 3. The van der Waals surface area contributed by atoms with E-state index >= 15 is 0 Å². The van der Waals surface area contributed by atoms with Gasteiger partial charge in [-0.25, -0.2) is 9.07 Å². The smallest absolute Gasteiger partial charge is 0.254 e. The van der Waals surface area contributed by atoms with Crippen molar-refractivity contribution in [3.63, 3.8) is 0 Å². The fourth-order valence-corrected chi connectivity index (χ4v) is 4.41. The zero-order valence-electron chi connectivity index (χ0n) is 17.3. The Hall–Kier alpha value is -3.25. The standard InChI is InChI=1S/C25H25FN4O/c26-19-9-7-8-17(14-19)23-22-15-18(16-27-20-10-3-1-4-11-20)25(31)28-24(22)30(29-23)21-12-5-2-6-13-21/h2,5-9,12-15,20,27H,1,3-4,10-11,16H2,(H,28,31). The molecular weight excluding hydrogens is 391 g/mol. The largest absolute Gasteiger partial charge is 0.310 e. The van der Waals surface area contributed by atoms with Gasteiger partial charge in [-0.05, 0) is 43.2 Å². The molecule has 0 atom stereocenters. The van der Waals surface area contributed by atoms with E-state index in [4.69, 9.17) is 5.10 Å². The highest BCUT2D eigenvalue weighted by Crippen LogP contribution is 2.29. The van der Waals surface area contributed by atoms with Crippen LogP contribution in [-0.2, 0) is 6.54 Å². The Morgan fingerprint density at radius 1 is 1.03 bits per heavy atom. The molecule has 1 aliphatic carbocycles. The van der Waals surface area contributed by atoms with Gasteiger partial charge in [-0.3, -0.25) is 4.79 Å². The molecule has 2 aromatic heterocycles. The van der Waals surface area contributed by atoms with Crippen molar-refractivity contribution in [1.82, 2.24) is 20.1 Å². The zero-order valence-corrected chi connectivity index (χ0v) is 17.3. The summed E-state index contributed by atoms with van der Waals surface area (Å²) < 4.78 is 15.7. The number of hydrogen-bond donors (Lipinski definition) is 2. The second-order valence-corrected chi connectivity index (χ2v) is 8.21. The van der Waals surface area contributed by atoms with E-state index in [1.807, 2.05) is 42.5 Å². The Labute approximate surface area is 179 Å². The average Bonchev–Trinajstić information content (AvgIpc) is 3.17. The summed E-state index contributed by atoms with van der Waals surface area (Å²) in [4.78, 5) is 15.9. The highest BCUT2D eigenvalue weighted by atomic mass is 19.1. The van der Waals surface area contributed by atoms with Crippen molar-refractivity contribution in [3.8, 4) is 16.9 Å². The van der Waals surface area contributed by atoms with Gasteiger partial charge in [-0.15, -0.1) is 0 Å². The number of nitrogens with zero attached hydrogens (tertiary/aromatic N) is 2. The molecule has 0 aliphatic heterocycles. The SMILES string of the molecule is O=c1[nH]c2c(cc1CNC1CCCCC1)c(-c1cccc(F)c1)nn2-c1ccccc1. The molecule has 158 valence electrons. The maximum atomic E-state index is 14.0. The maximum Gasteiger partial charge on any atom is 0.254 e. The first kappa shape index (κ1) is 19.7. The first-order valence-electron chi connectivity index (χ1n) is 10.9. The summed E-state index contributed by atoms with van der Waals surface area (Å²) in [5, 5.41) is 9.11. The van der Waals surface area contributed by atoms with Crippen LogP contribution in [0.4, 0.5) is 4.39 Å². The second-order valence-electron chi connectivity index (χ2n) is 8.21. The molecule has 2 heterocycles. The number of fused-ring (bicyclic) bond motifs is 1. The minimum absolute atomic E-state index is 0.126. The summed E-state index contributed by atoms with van der Waals surface area (Å²) in [7, 11) is 0. The number of rotatable bonds is 5. The van der Waals surface area contributed by atoms with Gasteiger partial charge < -0.3 is 10.3 Å². The van der Waals surface area contributed by atoms with Gasteiger partial charge in [0, 0.05) is 29.1 Å². The van der Waals surface area contributed by atoms with Crippen molar-refractivity contribution in [2.45, 2.75) is 44.7 Å². The van der Waals surface area contributed by atoms with Crippen LogP contribution in [0.25, 0.3) is 28.0 Å². The van der Waals surface area contributed by atoms with E-state index < -0.39 is 0 Å². The first-order valence-corrected chi connectivity index (χ1v) is 10.9. The summed E-state index contributed by atoms with van der Waals surface area (Å²) in [6, 6.07) is 18.4. The van der Waals surface area contributed by atoms with Crippen LogP contribution in [0.3, 0.4) is 0 Å². The van der Waals surface area contributed by atoms with Crippen molar-refractivity contribution in [3.05, 3.63) is 82.4 Å². The van der Waals surface area contributed by atoms with E-state index in [1.165, 1.54) is 31.4 Å². The predicted octanol–water partition coefficient (Wildman–Crippen LogP) is 4.94. The Morgan fingerprint density at radius 3 is 2.61 bits per heavy atom. The van der Waals surface area contributed by atoms with Crippen LogP contribution in [0.2, 0.25) is 0 Å². The second kappa shape index (κ2) is 8.47. The minimum atomic E-state index is -0.316. The van der Waals surface area contributed by atoms with E-state index in [1.54, 1.807) is 10.7 Å². The zero-order chi connectivity index (χ0) is 21.2. The van der Waals surface area contributed by atoms with Crippen molar-refractivity contribution < 1.29 is 4.39 Å². The van der Waals surface area contributed by atoms with E-state index in [-0.39, 0.29) is 11.4 Å². The summed E-state index contributed by atoms with van der Waals surface area (Å²) >= 11 is 0. The summed E-state index contributed by atoms with van der Waals surface area (Å²) in [5.74, 6) is -0.316. The number of halogens is 1. The molecule has 0 saturated heterocycles. The highest BCUT2D eigenvalue weighted by molar-refractivity contribution is 5.92. The van der Waals surface area contributed by atoms with Crippen molar-refractivity contribution in [2.75, 3.05) is 0 Å². The summed E-state index contributed by atoms with van der Waals surface area (Å²) in [6.07, 6.45) is 6.07. The van der Waals surface area contributed by atoms with Gasteiger partial charge in [0.15, 0.2) is 0 Å². The first-order chi connectivity index (χ1) is 15.2. The monoisotopic (exact) mass is 416 g/mol. The van der Waals surface area contributed by atoms with Crippen LogP contribution in [0.5, 0.6) is 0 Å². The van der Waals surface area contributed by atoms with Crippen LogP contribution in [-0.4, -0.2) is 20.8 Å². The Balaban J connectivity index is 1.61. The predicted molar refractivity (Wildman–Crippen MR) is 121 cm³/mol. The lowest BCUT2D eigenvalue weighted by molar-refractivity contribution is 0.372. The molecule has 5 nitrogen and oxygen atoms in total. The lowest BCUT2D eigenvalue weighted by atomic mass is 9.95. The molecule has 1 aliphatic rings. The maximum absolute atomic E-state index is 14.0. The fraction of sp³-hybridized carbons (Fsp3) is 0.280. The Morgan fingerprint density at radius 2 is 1.84 bits per heavy atom. The molecule has 5 rings (SSSR count). The molecule has 4 aromatic rings. The molecule has 0 bridgehead atoms. The lowest BCUT2D eigenvalue weighted by Gasteiger charge is -2.22. The van der Waals surface area contributed by atoms with Gasteiger partial charge in [-0.1, -0.05) is 49.6 Å². The summed E-state index contributed by atoms with van der Waals surface area (Å²) in [6.45, 7) is 0.509. The molecule has 2 aromatic carbocycles. The molecule has 0 amide bonds. The topological polar surface area (TPSA) is 62.7 Å². The van der Waals surface area contributed by atoms with E-state index in [2.05, 4.69) is 10.3 Å². The number of H-pyrrole nitrogens is 1. The number of benzene rings is 2. The quantitative estimate of drug-likeness (QED) is 0.484. The van der Waals surface area contributed by atoms with Crippen LogP contribution in [0.1, 0.15) is 37.7 Å². The molecule has 2 N–H and O–H groups in total. The number of aromatic nitrogens is 3. The van der Waals surface area contributed by atoms with Crippen molar-refractivity contribution in [2.24, 2.45) is 0 Å². The Kier molecular flexibility index (Phi) is 5.38. The third-order valence-electron chi connectivity index (χ3n) is 6.05. The van der Waals surface area contributed by atoms with Gasteiger partial charge in [-0.2, -0.15) is 5.10 Å². The molecule has 0 unspecified atom stereocenters. The molecule has 6 heteroatoms. The van der Waals surface area contributed by atoms with Gasteiger partial charge in [0.1, 0.15) is 17.2 Å². The van der Waals surface area contributed by atoms with E-state index in [9.17, 15) is 9.18 Å². The molecule has 1 fully saturated rings. The van der Waals surface area contributed by atoms with Gasteiger partial charge in [0.25, 0.3) is 5.56 Å². The van der Waals surface area contributed by atoms with Crippen LogP contribution < -0.4 is 10.9 Å². The third-order valence-corrected chi connectivity index (χ3v) is 6.05. The van der Waals surface area contributed by atoms with Crippen LogP contribution in [0.15, 0.2) is 65.5 Å². The molecule has 1 saturated carbocycles. The van der Waals surface area contributed by atoms with Crippen molar-refractivity contribution >= 4 is 11.0 Å².